The third-order valence-corrected chi connectivity index (χ3v) is 5.14. The molecule has 0 aliphatic rings. The van der Waals surface area contributed by atoms with Gasteiger partial charge in [0.15, 0.2) is 0 Å². The standard InChI is InChI=1S/C21H21N3O2S/c1-13-6-7-17(14(2)10-13)21-24-18(12-27-21)20(26)23-9-8-15-4-3-5-16(11-15)19(22)25/h3-7,10-12H,8-9H2,1-2H3,(H2,22,25)(H,23,26). The second-order valence-corrected chi connectivity index (χ2v) is 7.28. The molecule has 0 saturated carbocycles. The molecule has 0 aliphatic carbocycles. The monoisotopic (exact) mass is 379 g/mol. The number of hydrogen-bond acceptors (Lipinski definition) is 4. The van der Waals surface area contributed by atoms with Crippen molar-refractivity contribution in [1.29, 1.82) is 0 Å². The van der Waals surface area contributed by atoms with E-state index in [0.29, 0.717) is 24.2 Å². The first-order valence-corrected chi connectivity index (χ1v) is 9.52. The number of carbonyl (C=O) groups excluding carboxylic acids is 2. The lowest BCUT2D eigenvalue weighted by atomic mass is 10.1. The summed E-state index contributed by atoms with van der Waals surface area (Å²) in [5, 5.41) is 5.49. The molecule has 0 spiro atoms. The number of aryl methyl sites for hydroxylation is 2. The van der Waals surface area contributed by atoms with Gasteiger partial charge >= 0.3 is 0 Å². The van der Waals surface area contributed by atoms with Crippen LogP contribution in [0.4, 0.5) is 0 Å². The summed E-state index contributed by atoms with van der Waals surface area (Å²) in [4.78, 5) is 28.1. The fraction of sp³-hybridized carbons (Fsp3) is 0.190. The van der Waals surface area contributed by atoms with E-state index in [1.165, 1.54) is 16.9 Å². The van der Waals surface area contributed by atoms with Gasteiger partial charge in [-0.2, -0.15) is 0 Å². The van der Waals surface area contributed by atoms with E-state index in [1.54, 1.807) is 23.6 Å². The summed E-state index contributed by atoms with van der Waals surface area (Å²) in [5.74, 6) is -0.657. The number of amides is 2. The summed E-state index contributed by atoms with van der Waals surface area (Å²) in [5.41, 5.74) is 10.5. The van der Waals surface area contributed by atoms with Gasteiger partial charge in [0, 0.05) is 23.1 Å². The highest BCUT2D eigenvalue weighted by Gasteiger charge is 2.13. The zero-order chi connectivity index (χ0) is 19.4. The molecular formula is C21H21N3O2S. The lowest BCUT2D eigenvalue weighted by Gasteiger charge is -2.05. The van der Waals surface area contributed by atoms with E-state index in [9.17, 15) is 9.59 Å². The highest BCUT2D eigenvalue weighted by Crippen LogP contribution is 2.27. The second kappa shape index (κ2) is 8.14. The van der Waals surface area contributed by atoms with E-state index in [1.807, 2.05) is 25.1 Å². The van der Waals surface area contributed by atoms with Gasteiger partial charge in [0.1, 0.15) is 10.7 Å². The van der Waals surface area contributed by atoms with Gasteiger partial charge in [-0.05, 0) is 43.5 Å². The van der Waals surface area contributed by atoms with Gasteiger partial charge in [-0.3, -0.25) is 9.59 Å². The average Bonchev–Trinajstić information content (AvgIpc) is 3.12. The van der Waals surface area contributed by atoms with Gasteiger partial charge in [0.2, 0.25) is 5.91 Å². The van der Waals surface area contributed by atoms with Crippen molar-refractivity contribution >= 4 is 23.2 Å². The third-order valence-electron chi connectivity index (χ3n) is 4.26. The molecule has 0 bridgehead atoms. The first kappa shape index (κ1) is 18.8. The van der Waals surface area contributed by atoms with E-state index < -0.39 is 5.91 Å². The minimum absolute atomic E-state index is 0.201. The zero-order valence-electron chi connectivity index (χ0n) is 15.3. The van der Waals surface area contributed by atoms with Crippen LogP contribution in [0.25, 0.3) is 10.6 Å². The van der Waals surface area contributed by atoms with Crippen molar-refractivity contribution in [2.75, 3.05) is 6.54 Å². The predicted octanol–water partition coefficient (Wildman–Crippen LogP) is 3.50. The Bertz CT molecular complexity index is 995. The molecule has 3 rings (SSSR count). The Kier molecular flexibility index (Phi) is 5.66. The summed E-state index contributed by atoms with van der Waals surface area (Å²) in [6.07, 6.45) is 0.612. The average molecular weight is 379 g/mol. The molecule has 0 fully saturated rings. The fourth-order valence-corrected chi connectivity index (χ4v) is 3.74. The molecule has 0 radical (unpaired) electrons. The Morgan fingerprint density at radius 2 is 1.96 bits per heavy atom. The van der Waals surface area contributed by atoms with Crippen molar-refractivity contribution in [2.45, 2.75) is 20.3 Å². The number of hydrogen-bond donors (Lipinski definition) is 2. The van der Waals surface area contributed by atoms with Crippen LogP contribution in [0.1, 0.15) is 37.5 Å². The van der Waals surface area contributed by atoms with Crippen molar-refractivity contribution in [1.82, 2.24) is 10.3 Å². The highest BCUT2D eigenvalue weighted by atomic mass is 32.1. The van der Waals surface area contributed by atoms with E-state index in [-0.39, 0.29) is 5.91 Å². The topological polar surface area (TPSA) is 85.1 Å². The summed E-state index contributed by atoms with van der Waals surface area (Å²) in [7, 11) is 0. The lowest BCUT2D eigenvalue weighted by molar-refractivity contribution is 0.0948. The molecule has 0 atom stereocenters. The van der Waals surface area contributed by atoms with Crippen LogP contribution in [-0.4, -0.2) is 23.3 Å². The summed E-state index contributed by atoms with van der Waals surface area (Å²) in [6, 6.07) is 13.3. The van der Waals surface area contributed by atoms with Crippen LogP contribution in [0.5, 0.6) is 0 Å². The molecule has 1 heterocycles. The molecule has 0 saturated heterocycles. The van der Waals surface area contributed by atoms with Gasteiger partial charge < -0.3 is 11.1 Å². The zero-order valence-corrected chi connectivity index (χ0v) is 16.1. The molecule has 0 unspecified atom stereocenters. The Hall–Kier alpha value is -2.99. The normalized spacial score (nSPS) is 10.6. The van der Waals surface area contributed by atoms with Gasteiger partial charge in [0.25, 0.3) is 5.91 Å². The number of thiazole rings is 1. The summed E-state index contributed by atoms with van der Waals surface area (Å²) >= 11 is 1.46. The maximum atomic E-state index is 12.4. The quantitative estimate of drug-likeness (QED) is 0.687. The largest absolute Gasteiger partial charge is 0.366 e. The minimum Gasteiger partial charge on any atom is -0.366 e. The Morgan fingerprint density at radius 1 is 1.15 bits per heavy atom. The highest BCUT2D eigenvalue weighted by molar-refractivity contribution is 7.13. The van der Waals surface area contributed by atoms with Crippen LogP contribution in [0, 0.1) is 13.8 Å². The van der Waals surface area contributed by atoms with Gasteiger partial charge in [0.05, 0.1) is 0 Å². The molecule has 27 heavy (non-hydrogen) atoms. The van der Waals surface area contributed by atoms with E-state index in [4.69, 9.17) is 5.73 Å². The van der Waals surface area contributed by atoms with Crippen molar-refractivity contribution in [3.63, 3.8) is 0 Å². The Balaban J connectivity index is 1.61. The molecule has 2 aromatic carbocycles. The molecule has 1 aromatic heterocycles. The first-order valence-electron chi connectivity index (χ1n) is 8.64. The number of primary amides is 1. The third kappa shape index (κ3) is 4.60. The van der Waals surface area contributed by atoms with Crippen molar-refractivity contribution in [3.05, 3.63) is 75.8 Å². The number of nitrogens with zero attached hydrogens (tertiary/aromatic N) is 1. The smallest absolute Gasteiger partial charge is 0.270 e. The molecule has 0 aliphatic heterocycles. The van der Waals surface area contributed by atoms with Crippen molar-refractivity contribution in [3.8, 4) is 10.6 Å². The van der Waals surface area contributed by atoms with Crippen LogP contribution < -0.4 is 11.1 Å². The Morgan fingerprint density at radius 3 is 2.70 bits per heavy atom. The van der Waals surface area contributed by atoms with E-state index >= 15 is 0 Å². The predicted molar refractivity (Wildman–Crippen MR) is 108 cm³/mol. The number of nitrogens with one attached hydrogen (secondary N) is 1. The van der Waals surface area contributed by atoms with Crippen LogP contribution in [0.2, 0.25) is 0 Å². The molecule has 3 N–H and O–H groups in total. The van der Waals surface area contributed by atoms with Gasteiger partial charge in [-0.15, -0.1) is 11.3 Å². The van der Waals surface area contributed by atoms with E-state index in [0.717, 1.165) is 21.7 Å². The molecule has 6 heteroatoms. The minimum atomic E-state index is -0.456. The van der Waals surface area contributed by atoms with Crippen molar-refractivity contribution < 1.29 is 9.59 Å². The van der Waals surface area contributed by atoms with Gasteiger partial charge in [-0.1, -0.05) is 35.9 Å². The number of carbonyl (C=O) groups is 2. The van der Waals surface area contributed by atoms with Crippen LogP contribution in [0.15, 0.2) is 47.8 Å². The molecule has 138 valence electrons. The van der Waals surface area contributed by atoms with Crippen LogP contribution in [-0.2, 0) is 6.42 Å². The maximum absolute atomic E-state index is 12.4. The molecule has 3 aromatic rings. The number of benzene rings is 2. The molecule has 5 nitrogen and oxygen atoms in total. The second-order valence-electron chi connectivity index (χ2n) is 6.43. The molecular weight excluding hydrogens is 358 g/mol. The van der Waals surface area contributed by atoms with Crippen LogP contribution >= 0.6 is 11.3 Å². The lowest BCUT2D eigenvalue weighted by Crippen LogP contribution is -2.26. The van der Waals surface area contributed by atoms with E-state index in [2.05, 4.69) is 23.3 Å². The maximum Gasteiger partial charge on any atom is 0.270 e. The Labute approximate surface area is 162 Å². The molecule has 2 amide bonds. The number of nitrogens with two attached hydrogens (primary N) is 1. The number of rotatable bonds is 6. The SMILES string of the molecule is Cc1ccc(-c2nc(C(=O)NCCc3cccc(C(N)=O)c3)cs2)c(C)c1. The summed E-state index contributed by atoms with van der Waals surface area (Å²) < 4.78 is 0. The van der Waals surface area contributed by atoms with Crippen LogP contribution in [0.3, 0.4) is 0 Å². The first-order chi connectivity index (χ1) is 12.9. The number of aromatic nitrogens is 1. The van der Waals surface area contributed by atoms with Gasteiger partial charge in [-0.25, -0.2) is 4.98 Å². The van der Waals surface area contributed by atoms with Crippen molar-refractivity contribution in [2.24, 2.45) is 5.73 Å². The summed E-state index contributed by atoms with van der Waals surface area (Å²) in [6.45, 7) is 4.55. The fourth-order valence-electron chi connectivity index (χ4n) is 2.85.